The summed E-state index contributed by atoms with van der Waals surface area (Å²) in [6.07, 6.45) is 2.60. The number of benzene rings is 1. The van der Waals surface area contributed by atoms with E-state index in [1.807, 2.05) is 0 Å². The monoisotopic (exact) mass is 253 g/mol. The molecular formula is C13H16FNOS. The van der Waals surface area contributed by atoms with Crippen LogP contribution in [-0.4, -0.2) is 11.7 Å². The fourth-order valence-corrected chi connectivity index (χ4v) is 2.27. The highest BCUT2D eigenvalue weighted by atomic mass is 32.1. The van der Waals surface area contributed by atoms with E-state index < -0.39 is 0 Å². The molecule has 1 amide bonds. The first-order chi connectivity index (χ1) is 8.06. The zero-order chi connectivity index (χ0) is 12.5. The number of nitrogens with one attached hydrogen (secondary N) is 1. The van der Waals surface area contributed by atoms with Gasteiger partial charge in [-0.3, -0.25) is 4.79 Å². The standard InChI is InChI=1S/C13H16FNOS/c1-9-10(14)3-2-4-11(9)15-12(16)7-13(8-17)5-6-13/h2-4,17H,5-8H2,1H3,(H,15,16). The van der Waals surface area contributed by atoms with Crippen molar-refractivity contribution in [1.82, 2.24) is 0 Å². The summed E-state index contributed by atoms with van der Waals surface area (Å²) < 4.78 is 13.3. The van der Waals surface area contributed by atoms with Gasteiger partial charge in [0.15, 0.2) is 0 Å². The van der Waals surface area contributed by atoms with Gasteiger partial charge in [-0.05, 0) is 43.1 Å². The molecule has 1 fully saturated rings. The minimum absolute atomic E-state index is 0.0507. The first-order valence-electron chi connectivity index (χ1n) is 5.72. The van der Waals surface area contributed by atoms with Crippen molar-refractivity contribution >= 4 is 24.2 Å². The molecule has 0 spiro atoms. The summed E-state index contributed by atoms with van der Waals surface area (Å²) in [5, 5.41) is 2.77. The van der Waals surface area contributed by atoms with Crippen LogP contribution in [0.25, 0.3) is 0 Å². The quantitative estimate of drug-likeness (QED) is 0.793. The fraction of sp³-hybridized carbons (Fsp3) is 0.462. The molecular weight excluding hydrogens is 237 g/mol. The minimum Gasteiger partial charge on any atom is -0.326 e. The molecule has 0 radical (unpaired) electrons. The summed E-state index contributed by atoms with van der Waals surface area (Å²) in [6.45, 7) is 1.66. The largest absolute Gasteiger partial charge is 0.326 e. The Morgan fingerprint density at radius 3 is 2.82 bits per heavy atom. The van der Waals surface area contributed by atoms with Gasteiger partial charge in [0.2, 0.25) is 5.91 Å². The van der Waals surface area contributed by atoms with Gasteiger partial charge in [0, 0.05) is 17.7 Å². The van der Waals surface area contributed by atoms with Gasteiger partial charge in [-0.25, -0.2) is 4.39 Å². The Balaban J connectivity index is 2.01. The summed E-state index contributed by atoms with van der Waals surface area (Å²) in [5.74, 6) is 0.395. The van der Waals surface area contributed by atoms with Gasteiger partial charge in [-0.1, -0.05) is 6.07 Å². The molecule has 4 heteroatoms. The number of hydrogen-bond donors (Lipinski definition) is 2. The summed E-state index contributed by atoms with van der Waals surface area (Å²) in [4.78, 5) is 11.8. The third-order valence-corrected chi connectivity index (χ3v) is 4.04. The van der Waals surface area contributed by atoms with Crippen LogP contribution in [0.15, 0.2) is 18.2 Å². The second-order valence-corrected chi connectivity index (χ2v) is 5.11. The molecule has 1 aliphatic carbocycles. The van der Waals surface area contributed by atoms with Gasteiger partial charge in [0.1, 0.15) is 5.82 Å². The first-order valence-corrected chi connectivity index (χ1v) is 6.35. The average Bonchev–Trinajstić information content (AvgIpc) is 3.05. The first kappa shape index (κ1) is 12.4. The van der Waals surface area contributed by atoms with Crippen LogP contribution in [0.2, 0.25) is 0 Å². The summed E-state index contributed by atoms with van der Waals surface area (Å²) in [7, 11) is 0. The van der Waals surface area contributed by atoms with Crippen molar-refractivity contribution in [3.05, 3.63) is 29.6 Å². The molecule has 1 aromatic carbocycles. The minimum atomic E-state index is -0.293. The number of rotatable bonds is 4. The van der Waals surface area contributed by atoms with Crippen molar-refractivity contribution in [3.63, 3.8) is 0 Å². The molecule has 1 saturated carbocycles. The van der Waals surface area contributed by atoms with Crippen LogP contribution in [0.1, 0.15) is 24.8 Å². The van der Waals surface area contributed by atoms with Crippen LogP contribution in [0.4, 0.5) is 10.1 Å². The van der Waals surface area contributed by atoms with E-state index in [0.29, 0.717) is 17.7 Å². The lowest BCUT2D eigenvalue weighted by Crippen LogP contribution is -2.19. The smallest absolute Gasteiger partial charge is 0.224 e. The second kappa shape index (κ2) is 4.69. The lowest BCUT2D eigenvalue weighted by molar-refractivity contribution is -0.117. The number of amides is 1. The molecule has 0 atom stereocenters. The molecule has 2 rings (SSSR count). The summed E-state index contributed by atoms with van der Waals surface area (Å²) >= 11 is 4.26. The second-order valence-electron chi connectivity index (χ2n) is 4.80. The van der Waals surface area contributed by atoms with Crippen molar-refractivity contribution in [2.24, 2.45) is 5.41 Å². The van der Waals surface area contributed by atoms with Gasteiger partial charge in [-0.2, -0.15) is 12.6 Å². The SMILES string of the molecule is Cc1c(F)cccc1NC(=O)CC1(CS)CC1. The molecule has 1 aromatic rings. The highest BCUT2D eigenvalue weighted by Crippen LogP contribution is 2.49. The topological polar surface area (TPSA) is 29.1 Å². The van der Waals surface area contributed by atoms with Gasteiger partial charge >= 0.3 is 0 Å². The number of halogens is 1. The molecule has 1 aliphatic rings. The molecule has 0 aromatic heterocycles. The van der Waals surface area contributed by atoms with E-state index in [4.69, 9.17) is 0 Å². The molecule has 0 aliphatic heterocycles. The third-order valence-electron chi connectivity index (χ3n) is 3.37. The van der Waals surface area contributed by atoms with Crippen LogP contribution < -0.4 is 5.32 Å². The zero-order valence-corrected chi connectivity index (χ0v) is 10.7. The summed E-state index contributed by atoms with van der Waals surface area (Å²) in [5.41, 5.74) is 1.13. The number of thiol groups is 1. The molecule has 1 N–H and O–H groups in total. The lowest BCUT2D eigenvalue weighted by atomic mass is 10.0. The Morgan fingerprint density at radius 2 is 2.24 bits per heavy atom. The molecule has 0 heterocycles. The third kappa shape index (κ3) is 2.80. The highest BCUT2D eigenvalue weighted by molar-refractivity contribution is 7.80. The van der Waals surface area contributed by atoms with Crippen molar-refractivity contribution < 1.29 is 9.18 Å². The van der Waals surface area contributed by atoms with Gasteiger partial charge in [0.05, 0.1) is 0 Å². The highest BCUT2D eigenvalue weighted by Gasteiger charge is 2.42. The lowest BCUT2D eigenvalue weighted by Gasteiger charge is -2.13. The van der Waals surface area contributed by atoms with Crippen molar-refractivity contribution in [3.8, 4) is 0 Å². The van der Waals surface area contributed by atoms with Gasteiger partial charge < -0.3 is 5.32 Å². The normalized spacial score (nSPS) is 16.6. The maximum atomic E-state index is 13.3. The van der Waals surface area contributed by atoms with Gasteiger partial charge in [0.25, 0.3) is 0 Å². The number of carbonyl (C=O) groups is 1. The summed E-state index contributed by atoms with van der Waals surface area (Å²) in [6, 6.07) is 4.71. The molecule has 0 unspecified atom stereocenters. The Kier molecular flexibility index (Phi) is 3.43. The van der Waals surface area contributed by atoms with Crippen molar-refractivity contribution in [2.75, 3.05) is 11.1 Å². The predicted octanol–water partition coefficient (Wildman–Crippen LogP) is 3.17. The Bertz CT molecular complexity index is 443. The molecule has 0 bridgehead atoms. The van der Waals surface area contributed by atoms with Gasteiger partial charge in [-0.15, -0.1) is 0 Å². The van der Waals surface area contributed by atoms with E-state index in [1.54, 1.807) is 19.1 Å². The van der Waals surface area contributed by atoms with E-state index in [-0.39, 0.29) is 17.1 Å². The van der Waals surface area contributed by atoms with Crippen molar-refractivity contribution in [1.29, 1.82) is 0 Å². The fourth-order valence-electron chi connectivity index (χ4n) is 1.85. The van der Waals surface area contributed by atoms with E-state index in [9.17, 15) is 9.18 Å². The van der Waals surface area contributed by atoms with Crippen LogP contribution in [0.3, 0.4) is 0 Å². The number of anilines is 1. The van der Waals surface area contributed by atoms with Crippen LogP contribution in [-0.2, 0) is 4.79 Å². The maximum absolute atomic E-state index is 13.3. The van der Waals surface area contributed by atoms with Crippen LogP contribution in [0.5, 0.6) is 0 Å². The van der Waals surface area contributed by atoms with Crippen molar-refractivity contribution in [2.45, 2.75) is 26.2 Å². The van der Waals surface area contributed by atoms with E-state index in [0.717, 1.165) is 18.6 Å². The Labute approximate surface area is 106 Å². The Hall–Kier alpha value is -1.03. The molecule has 92 valence electrons. The maximum Gasteiger partial charge on any atom is 0.224 e. The average molecular weight is 253 g/mol. The van der Waals surface area contributed by atoms with Crippen LogP contribution in [0, 0.1) is 18.2 Å². The molecule has 2 nitrogen and oxygen atoms in total. The van der Waals surface area contributed by atoms with E-state index in [2.05, 4.69) is 17.9 Å². The number of carbonyl (C=O) groups excluding carboxylic acids is 1. The molecule has 17 heavy (non-hydrogen) atoms. The zero-order valence-electron chi connectivity index (χ0n) is 9.79. The molecule has 0 saturated heterocycles. The predicted molar refractivity (Wildman–Crippen MR) is 69.9 cm³/mol. The van der Waals surface area contributed by atoms with E-state index in [1.165, 1.54) is 6.07 Å². The van der Waals surface area contributed by atoms with E-state index >= 15 is 0 Å². The number of hydrogen-bond acceptors (Lipinski definition) is 2. The Morgan fingerprint density at radius 1 is 1.53 bits per heavy atom. The van der Waals surface area contributed by atoms with Crippen LogP contribution >= 0.6 is 12.6 Å².